The number of likely N-dealkylation sites (N-methyl/N-ethyl adjacent to an activating group) is 1. The fourth-order valence-electron chi connectivity index (χ4n) is 13.0. The molecule has 80 heavy (non-hydrogen) atoms. The number of ether oxygens (including phenoxy) is 4. The summed E-state index contributed by atoms with van der Waals surface area (Å²) in [6, 6.07) is 20.9. The number of methoxy groups -OCH3 is 2. The number of esters is 1. The highest BCUT2D eigenvalue weighted by molar-refractivity contribution is 5.96. The summed E-state index contributed by atoms with van der Waals surface area (Å²) < 4.78 is 26.2. The summed E-state index contributed by atoms with van der Waals surface area (Å²) in [7, 11) is 5.09. The zero-order valence-corrected chi connectivity index (χ0v) is 48.2. The number of benzene rings is 3. The number of carbonyl (C=O) groups is 4. The lowest BCUT2D eigenvalue weighted by Crippen LogP contribution is -2.63. The van der Waals surface area contributed by atoms with E-state index in [1.54, 1.807) is 33.4 Å². The van der Waals surface area contributed by atoms with E-state index in [9.17, 15) is 19.5 Å². The van der Waals surface area contributed by atoms with Gasteiger partial charge in [-0.05, 0) is 115 Å². The topological polar surface area (TPSA) is 180 Å². The Kier molecular flexibility index (Phi) is 17.1. The smallest absolute Gasteiger partial charge is 0.325 e. The van der Waals surface area contributed by atoms with Crippen molar-refractivity contribution in [3.8, 4) is 28.1 Å². The molecular weight excluding hydrogens is 1010 g/mol. The summed E-state index contributed by atoms with van der Waals surface area (Å²) in [5.74, 6) is -2.15. The van der Waals surface area contributed by atoms with Crippen molar-refractivity contribution in [3.05, 3.63) is 101 Å². The van der Waals surface area contributed by atoms with E-state index in [1.165, 1.54) is 9.91 Å². The summed E-state index contributed by atoms with van der Waals surface area (Å²) in [4.78, 5) is 70.5. The lowest BCUT2D eigenvalue weighted by atomic mass is 9.84. The summed E-state index contributed by atoms with van der Waals surface area (Å²) >= 11 is 0. The Morgan fingerprint density at radius 2 is 1.76 bits per heavy atom. The van der Waals surface area contributed by atoms with E-state index in [4.69, 9.17) is 23.9 Å². The predicted molar refractivity (Wildman–Crippen MR) is 308 cm³/mol. The molecule has 3 N–H and O–H groups in total. The highest BCUT2D eigenvalue weighted by Gasteiger charge is 2.53. The number of rotatable bonds is 15. The Balaban J connectivity index is 1.04. The van der Waals surface area contributed by atoms with Crippen LogP contribution in [0.15, 0.2) is 79.0 Å². The van der Waals surface area contributed by atoms with Crippen LogP contribution < -0.4 is 15.6 Å². The molecule has 6 heterocycles. The fourth-order valence-corrected chi connectivity index (χ4v) is 13.0. The number of aromatic nitrogens is 2. The molecule has 1 saturated carbocycles. The maximum Gasteiger partial charge on any atom is 0.325 e. The third kappa shape index (κ3) is 11.9. The standard InChI is InChI=1S/C63H82N8O9/c1-10-70-53-18-17-42-31-49(53)51(57(70)50-33-45(35-64-54(50)39(4)78-9)69-23-21-68(22-24-69)20-14-25-77-8)34-63(5,6)37-80-62(76)55-48-32-44(48)36-71(66-55)60(74)52(29-40-27-43(42)30-46(72)28-40)65-59(73)56(38(2)3)67(7)61(75)58-47(19-26-79-58)41-15-12-11-13-16-41/h11-13,15-18,27-28,30-31,33,35,38-39,44,47-48,52,55-56,58,66,72H,10,14,19-26,29,32,34,36-37H2,1-9H3,(H,65,73)/t39-,44?,47+,48-,52-,55-,56-,58+/m0/s1. The number of hydrazine groups is 1. The minimum Gasteiger partial charge on any atom is -0.508 e. The molecule has 4 aliphatic heterocycles. The van der Waals surface area contributed by atoms with Crippen LogP contribution in [-0.4, -0.2) is 158 Å². The van der Waals surface area contributed by atoms with Gasteiger partial charge >= 0.3 is 5.97 Å². The number of nitrogens with zero attached hydrogens (tertiary/aromatic N) is 6. The van der Waals surface area contributed by atoms with Gasteiger partial charge in [-0.2, -0.15) is 0 Å². The maximum absolute atomic E-state index is 15.1. The third-order valence-corrected chi connectivity index (χ3v) is 17.4. The Morgan fingerprint density at radius 1 is 0.988 bits per heavy atom. The number of phenolic OH excluding ortho intramolecular Hbond substituents is 1. The Morgan fingerprint density at radius 3 is 2.49 bits per heavy atom. The van der Waals surface area contributed by atoms with Crippen molar-refractivity contribution in [1.29, 1.82) is 0 Å². The van der Waals surface area contributed by atoms with Gasteiger partial charge in [0.2, 0.25) is 5.91 Å². The number of phenols is 1. The molecule has 5 aromatic rings. The number of aromatic hydroxyl groups is 1. The highest BCUT2D eigenvalue weighted by Crippen LogP contribution is 2.46. The monoisotopic (exact) mass is 1090 g/mol. The molecule has 5 aliphatic rings. The molecule has 3 saturated heterocycles. The second kappa shape index (κ2) is 24.0. The number of nitrogens with one attached hydrogen (secondary N) is 2. The van der Waals surface area contributed by atoms with Gasteiger partial charge in [0, 0.05) is 115 Å². The number of fused-ring (bicyclic) bond motifs is 8. The van der Waals surface area contributed by atoms with Crippen molar-refractivity contribution in [3.63, 3.8) is 0 Å². The molecule has 0 radical (unpaired) electrons. The first-order chi connectivity index (χ1) is 38.5. The Hall–Kier alpha value is -6.37. The van der Waals surface area contributed by atoms with Crippen molar-refractivity contribution < 1.29 is 43.2 Å². The van der Waals surface area contributed by atoms with Crippen LogP contribution in [-0.2, 0) is 57.5 Å². The van der Waals surface area contributed by atoms with Crippen LogP contribution in [0, 0.1) is 23.2 Å². The molecule has 428 valence electrons. The molecule has 1 aliphatic carbocycles. The van der Waals surface area contributed by atoms with E-state index in [0.29, 0.717) is 38.1 Å². The SMILES string of the molecule is CCn1c(-c2cc(N3CCN(CCCOC)CC3)cnc2[C@H](C)OC)c2c3cc(ccc31)-c1cc(O)cc(c1)C[C@H](NC(=O)[C@H](C(C)C)N(C)C(=O)[C@@H]1OCC[C@@H]1c1ccccc1)C(=O)N1CC3C[C@@H]3[C@H](N1)C(=O)OCC(C)(C)C2. The average Bonchev–Trinajstić information content (AvgIpc) is 3.97. The van der Waals surface area contributed by atoms with Crippen LogP contribution in [0.25, 0.3) is 33.3 Å². The Bertz CT molecular complexity index is 3060. The van der Waals surface area contributed by atoms with Gasteiger partial charge in [0.05, 0.1) is 36.0 Å². The quantitative estimate of drug-likeness (QED) is 0.0693. The van der Waals surface area contributed by atoms with E-state index in [1.807, 2.05) is 63.4 Å². The number of anilines is 1. The van der Waals surface area contributed by atoms with Crippen molar-refractivity contribution in [2.45, 2.75) is 116 Å². The average molecular weight is 1100 g/mol. The number of amides is 3. The van der Waals surface area contributed by atoms with E-state index in [0.717, 1.165) is 108 Å². The molecule has 3 amide bonds. The minimum atomic E-state index is -1.16. The third-order valence-electron chi connectivity index (χ3n) is 17.4. The number of aryl methyl sites for hydroxylation is 1. The summed E-state index contributed by atoms with van der Waals surface area (Å²) in [5.41, 5.74) is 11.8. The molecule has 0 spiro atoms. The molecule has 3 aromatic carbocycles. The first-order valence-electron chi connectivity index (χ1n) is 28.9. The number of carbonyl (C=O) groups excluding carboxylic acids is 4. The number of hydrogen-bond donors (Lipinski definition) is 3. The van der Waals surface area contributed by atoms with Crippen molar-refractivity contribution in [2.75, 3.05) is 85.3 Å². The molecule has 2 aromatic heterocycles. The highest BCUT2D eigenvalue weighted by atomic mass is 16.5. The largest absolute Gasteiger partial charge is 0.508 e. The van der Waals surface area contributed by atoms with Crippen LogP contribution >= 0.6 is 0 Å². The van der Waals surface area contributed by atoms with Crippen molar-refractivity contribution in [1.82, 2.24) is 35.1 Å². The minimum absolute atomic E-state index is 0.00235. The van der Waals surface area contributed by atoms with E-state index in [-0.39, 0.29) is 54.5 Å². The number of hydrogen-bond acceptors (Lipinski definition) is 13. The van der Waals surface area contributed by atoms with Gasteiger partial charge in [-0.25, -0.2) is 5.43 Å². The second-order valence-electron chi connectivity index (χ2n) is 24.0. The molecule has 17 heteroatoms. The van der Waals surface area contributed by atoms with Crippen LogP contribution in [0.2, 0.25) is 0 Å². The van der Waals surface area contributed by atoms with Gasteiger partial charge in [0.1, 0.15) is 30.0 Å². The molecule has 8 atom stereocenters. The second-order valence-corrected chi connectivity index (χ2v) is 24.0. The summed E-state index contributed by atoms with van der Waals surface area (Å²) in [6.45, 7) is 19.1. The van der Waals surface area contributed by atoms with E-state index >= 15 is 4.79 Å². The summed E-state index contributed by atoms with van der Waals surface area (Å²) in [6.07, 6.45) is 3.82. The van der Waals surface area contributed by atoms with Gasteiger partial charge in [0.15, 0.2) is 0 Å². The van der Waals surface area contributed by atoms with Gasteiger partial charge in [-0.3, -0.25) is 34.1 Å². The molecule has 4 fully saturated rings. The molecular formula is C63H82N8O9. The molecule has 17 nitrogen and oxygen atoms in total. The predicted octanol–water partition coefficient (Wildman–Crippen LogP) is 7.52. The van der Waals surface area contributed by atoms with Crippen molar-refractivity contribution in [2.24, 2.45) is 23.2 Å². The summed E-state index contributed by atoms with van der Waals surface area (Å²) in [5, 5.41) is 17.2. The van der Waals surface area contributed by atoms with Crippen LogP contribution in [0.4, 0.5) is 5.69 Å². The molecule has 6 bridgehead atoms. The number of cyclic esters (lactones) is 1. The lowest BCUT2D eigenvalue weighted by molar-refractivity contribution is -0.156. The first kappa shape index (κ1) is 56.9. The number of piperazine rings is 1. The van der Waals surface area contributed by atoms with Gasteiger partial charge in [-0.1, -0.05) is 70.2 Å². The van der Waals surface area contributed by atoms with E-state index in [2.05, 4.69) is 70.1 Å². The van der Waals surface area contributed by atoms with Gasteiger partial charge in [-0.15, -0.1) is 0 Å². The van der Waals surface area contributed by atoms with Crippen LogP contribution in [0.1, 0.15) is 95.2 Å². The maximum atomic E-state index is 15.1. The zero-order valence-electron chi connectivity index (χ0n) is 48.2. The van der Waals surface area contributed by atoms with Crippen LogP contribution in [0.3, 0.4) is 0 Å². The lowest BCUT2D eigenvalue weighted by Gasteiger charge is -2.37. The first-order valence-corrected chi connectivity index (χ1v) is 28.9. The Labute approximate surface area is 471 Å². The molecule has 1 unspecified atom stereocenters. The van der Waals surface area contributed by atoms with Gasteiger partial charge < -0.3 is 43.7 Å². The fraction of sp³-hybridized carbons (Fsp3) is 0.540. The zero-order chi connectivity index (χ0) is 56.6. The van der Waals surface area contributed by atoms with Gasteiger partial charge in [0.25, 0.3) is 11.8 Å². The number of pyridine rings is 1. The van der Waals surface area contributed by atoms with Crippen molar-refractivity contribution >= 4 is 40.3 Å². The van der Waals surface area contributed by atoms with Crippen LogP contribution in [0.5, 0.6) is 5.75 Å². The normalized spacial score (nSPS) is 24.0. The van der Waals surface area contributed by atoms with E-state index < -0.39 is 47.4 Å². The molecule has 10 rings (SSSR count).